The lowest BCUT2D eigenvalue weighted by atomic mass is 9.91. The van der Waals surface area contributed by atoms with Crippen molar-refractivity contribution < 1.29 is 19.4 Å². The normalized spacial score (nSPS) is 21.1. The maximum Gasteiger partial charge on any atom is 0.337 e. The monoisotopic (exact) mass is 352 g/mol. The summed E-state index contributed by atoms with van der Waals surface area (Å²) < 4.78 is 12.8. The summed E-state index contributed by atoms with van der Waals surface area (Å²) in [7, 11) is 1.62. The minimum atomic E-state index is -1.01. The maximum atomic E-state index is 11.2. The highest BCUT2D eigenvalue weighted by Gasteiger charge is 2.27. The van der Waals surface area contributed by atoms with Gasteiger partial charge in [-0.15, -0.1) is 10.2 Å². The molecule has 0 spiro atoms. The van der Waals surface area contributed by atoms with Gasteiger partial charge in [-0.2, -0.15) is 0 Å². The molecule has 0 saturated heterocycles. The molecule has 0 radical (unpaired) electrons. The fourth-order valence-electron chi connectivity index (χ4n) is 2.96. The molecule has 2 unspecified atom stereocenters. The van der Waals surface area contributed by atoms with Crippen LogP contribution >= 0.6 is 0 Å². The first kappa shape index (κ1) is 16.1. The van der Waals surface area contributed by atoms with Gasteiger partial charge in [-0.3, -0.25) is 9.39 Å². The second-order valence-corrected chi connectivity index (χ2v) is 5.87. The van der Waals surface area contributed by atoms with Crippen molar-refractivity contribution in [1.29, 1.82) is 0 Å². The Bertz CT molecular complexity index is 986. The molecule has 0 saturated carbocycles. The van der Waals surface area contributed by atoms with Crippen LogP contribution in [0.15, 0.2) is 59.1 Å². The number of aromatic nitrogens is 3. The van der Waals surface area contributed by atoms with Crippen molar-refractivity contribution in [3.63, 3.8) is 0 Å². The molecule has 1 N–H and O–H groups in total. The average Bonchev–Trinajstić information content (AvgIpc) is 3.08. The van der Waals surface area contributed by atoms with Gasteiger partial charge in [0.2, 0.25) is 0 Å². The average molecular weight is 352 g/mol. The molecular weight excluding hydrogens is 336 g/mol. The summed E-state index contributed by atoms with van der Waals surface area (Å²) in [5.41, 5.74) is 0.728. The second-order valence-electron chi connectivity index (χ2n) is 5.87. The van der Waals surface area contributed by atoms with Crippen molar-refractivity contribution in [1.82, 2.24) is 14.6 Å². The van der Waals surface area contributed by atoms with E-state index in [1.165, 1.54) is 12.3 Å². The highest BCUT2D eigenvalue weighted by atomic mass is 16.5. The van der Waals surface area contributed by atoms with E-state index < -0.39 is 5.97 Å². The highest BCUT2D eigenvalue weighted by molar-refractivity contribution is 5.87. The van der Waals surface area contributed by atoms with Crippen LogP contribution in [0.5, 0.6) is 0 Å². The molecule has 132 valence electrons. The van der Waals surface area contributed by atoms with Gasteiger partial charge in [0, 0.05) is 12.4 Å². The van der Waals surface area contributed by atoms with E-state index in [1.807, 2.05) is 24.3 Å². The zero-order valence-electron chi connectivity index (χ0n) is 13.9. The van der Waals surface area contributed by atoms with Crippen LogP contribution in [-0.2, 0) is 16.1 Å². The van der Waals surface area contributed by atoms with Crippen LogP contribution < -0.4 is 0 Å². The summed E-state index contributed by atoms with van der Waals surface area (Å²) in [6.07, 6.45) is 10.9. The van der Waals surface area contributed by atoms with Gasteiger partial charge in [-0.25, -0.2) is 4.79 Å². The van der Waals surface area contributed by atoms with Crippen LogP contribution in [0.4, 0.5) is 0 Å². The van der Waals surface area contributed by atoms with E-state index in [0.29, 0.717) is 11.5 Å². The van der Waals surface area contributed by atoms with Gasteiger partial charge in [-0.05, 0) is 30.4 Å². The Morgan fingerprint density at radius 3 is 3.04 bits per heavy atom. The van der Waals surface area contributed by atoms with Crippen LogP contribution in [0.1, 0.15) is 16.2 Å². The molecule has 1 aliphatic heterocycles. The van der Waals surface area contributed by atoms with Crippen LogP contribution in [-0.4, -0.2) is 45.0 Å². The molecule has 8 nitrogen and oxygen atoms in total. The number of allylic oxidation sites excluding steroid dienone is 2. The van der Waals surface area contributed by atoms with E-state index in [9.17, 15) is 4.79 Å². The van der Waals surface area contributed by atoms with Crippen LogP contribution in [0.25, 0.3) is 5.65 Å². The van der Waals surface area contributed by atoms with Gasteiger partial charge in [0.05, 0.1) is 24.6 Å². The molecule has 26 heavy (non-hydrogen) atoms. The Morgan fingerprint density at radius 2 is 2.23 bits per heavy atom. The first-order chi connectivity index (χ1) is 12.7. The molecule has 0 bridgehead atoms. The lowest BCUT2D eigenvalue weighted by Gasteiger charge is -2.27. The number of carbonyl (C=O) groups is 1. The van der Waals surface area contributed by atoms with E-state index >= 15 is 0 Å². The molecule has 2 aromatic heterocycles. The number of methoxy groups -OCH3 is 1. The van der Waals surface area contributed by atoms with Crippen LogP contribution in [0.2, 0.25) is 0 Å². The number of carboxylic acids is 1. The number of rotatable bonds is 5. The Kier molecular flexibility index (Phi) is 4.00. The zero-order valence-corrected chi connectivity index (χ0v) is 13.9. The molecule has 0 aromatic carbocycles. The number of hydrogen-bond acceptors (Lipinski definition) is 6. The van der Waals surface area contributed by atoms with E-state index in [2.05, 4.69) is 15.2 Å². The molecule has 2 aliphatic rings. The number of nitrogens with zero attached hydrogens (tertiary/aromatic N) is 4. The predicted molar refractivity (Wildman–Crippen MR) is 92.8 cm³/mol. The summed E-state index contributed by atoms with van der Waals surface area (Å²) in [5, 5.41) is 17.3. The predicted octanol–water partition coefficient (Wildman–Crippen LogP) is 2.00. The Labute approximate surface area is 148 Å². The fraction of sp³-hybridized carbons (Fsp3) is 0.222. The molecular formula is C18H16N4O4. The van der Waals surface area contributed by atoms with Crippen LogP contribution in [0.3, 0.4) is 0 Å². The third-order valence-electron chi connectivity index (χ3n) is 4.32. The SMILES string of the molecule is COC1=CC2N=CC=C(OCc3nnc4ccc(C(=O)O)cn34)C2C=C1. The van der Waals surface area contributed by atoms with Crippen molar-refractivity contribution in [2.45, 2.75) is 12.6 Å². The molecule has 2 aromatic rings. The Balaban J connectivity index is 1.54. The smallest absolute Gasteiger partial charge is 0.337 e. The molecule has 2 atom stereocenters. The van der Waals surface area contributed by atoms with E-state index in [4.69, 9.17) is 14.6 Å². The summed E-state index contributed by atoms with van der Waals surface area (Å²) >= 11 is 0. The molecule has 0 fully saturated rings. The van der Waals surface area contributed by atoms with Gasteiger partial charge in [0.25, 0.3) is 0 Å². The number of pyridine rings is 1. The molecule has 8 heteroatoms. The number of hydrogen-bond donors (Lipinski definition) is 1. The third kappa shape index (κ3) is 2.85. The quantitative estimate of drug-likeness (QED) is 0.884. The Hall–Kier alpha value is -3.42. The summed E-state index contributed by atoms with van der Waals surface area (Å²) in [6.45, 7) is 0.168. The van der Waals surface area contributed by atoms with Gasteiger partial charge in [0.15, 0.2) is 11.5 Å². The lowest BCUT2D eigenvalue weighted by molar-refractivity contribution is 0.0696. The largest absolute Gasteiger partial charge is 0.497 e. The molecule has 4 rings (SSSR count). The summed E-state index contributed by atoms with van der Waals surface area (Å²) in [4.78, 5) is 15.6. The van der Waals surface area contributed by atoms with Crippen molar-refractivity contribution in [3.05, 3.63) is 65.5 Å². The van der Waals surface area contributed by atoms with Crippen molar-refractivity contribution in [2.24, 2.45) is 10.9 Å². The number of carboxylic acid groups (broad SMARTS) is 1. The number of aromatic carboxylic acids is 1. The lowest BCUT2D eigenvalue weighted by Crippen LogP contribution is -2.24. The van der Waals surface area contributed by atoms with Gasteiger partial charge in [-0.1, -0.05) is 6.08 Å². The maximum absolute atomic E-state index is 11.2. The van der Waals surface area contributed by atoms with Crippen molar-refractivity contribution in [2.75, 3.05) is 7.11 Å². The summed E-state index contributed by atoms with van der Waals surface area (Å²) in [6, 6.07) is 3.04. The minimum Gasteiger partial charge on any atom is -0.497 e. The standard InChI is InChI=1S/C18H16N4O4/c1-25-12-3-4-13-14(8-12)19-7-6-15(13)26-10-17-21-20-16-5-2-11(18(23)24)9-22(16)17/h2-9,13-14H,10H2,1H3,(H,23,24). The van der Waals surface area contributed by atoms with Crippen molar-refractivity contribution >= 4 is 17.8 Å². The highest BCUT2D eigenvalue weighted by Crippen LogP contribution is 2.29. The number of ether oxygens (including phenoxy) is 2. The zero-order chi connectivity index (χ0) is 18.1. The van der Waals surface area contributed by atoms with E-state index in [0.717, 1.165) is 11.5 Å². The molecule has 0 amide bonds. The first-order valence-corrected chi connectivity index (χ1v) is 8.03. The van der Waals surface area contributed by atoms with E-state index in [1.54, 1.807) is 23.8 Å². The van der Waals surface area contributed by atoms with E-state index in [-0.39, 0.29) is 24.1 Å². The summed E-state index contributed by atoms with van der Waals surface area (Å²) in [5.74, 6) is 1.05. The number of aliphatic imine (C=N–C) groups is 1. The second kappa shape index (κ2) is 6.47. The van der Waals surface area contributed by atoms with Gasteiger partial charge < -0.3 is 14.6 Å². The number of fused-ring (bicyclic) bond motifs is 2. The van der Waals surface area contributed by atoms with Gasteiger partial charge in [0.1, 0.15) is 18.1 Å². The van der Waals surface area contributed by atoms with Gasteiger partial charge >= 0.3 is 5.97 Å². The minimum absolute atomic E-state index is 0.00679. The number of dihydropyridines is 1. The fourth-order valence-corrected chi connectivity index (χ4v) is 2.96. The first-order valence-electron chi connectivity index (χ1n) is 8.03. The Morgan fingerprint density at radius 1 is 1.35 bits per heavy atom. The molecule has 1 aliphatic carbocycles. The third-order valence-corrected chi connectivity index (χ3v) is 4.32. The topological polar surface area (TPSA) is 98.3 Å². The van der Waals surface area contributed by atoms with Crippen molar-refractivity contribution in [3.8, 4) is 0 Å². The van der Waals surface area contributed by atoms with Crippen LogP contribution in [0, 0.1) is 5.92 Å². The molecule has 3 heterocycles.